The van der Waals surface area contributed by atoms with Crippen molar-refractivity contribution in [1.29, 1.82) is 0 Å². The zero-order valence-electron chi connectivity index (χ0n) is 13.1. The molecule has 0 spiro atoms. The van der Waals surface area contributed by atoms with E-state index in [1.807, 2.05) is 19.1 Å². The third-order valence-corrected chi connectivity index (χ3v) is 4.99. The fourth-order valence-electron chi connectivity index (χ4n) is 3.59. The van der Waals surface area contributed by atoms with Crippen molar-refractivity contribution in [3.63, 3.8) is 0 Å². The summed E-state index contributed by atoms with van der Waals surface area (Å²) in [6, 6.07) is 8.65. The van der Waals surface area contributed by atoms with E-state index in [2.05, 4.69) is 36.3 Å². The predicted octanol–water partition coefficient (Wildman–Crippen LogP) is 4.60. The van der Waals surface area contributed by atoms with E-state index in [1.165, 1.54) is 18.4 Å². The molecule has 0 saturated heterocycles. The largest absolute Gasteiger partial charge is 0.411 e. The highest BCUT2D eigenvalue weighted by Crippen LogP contribution is 2.39. The molecule has 0 bridgehead atoms. The Morgan fingerprint density at radius 3 is 2.24 bits per heavy atom. The van der Waals surface area contributed by atoms with Gasteiger partial charge in [0.25, 0.3) is 0 Å². The van der Waals surface area contributed by atoms with Crippen molar-refractivity contribution < 1.29 is 5.21 Å². The van der Waals surface area contributed by atoms with Crippen molar-refractivity contribution in [3.05, 3.63) is 34.9 Å². The lowest BCUT2D eigenvalue weighted by Gasteiger charge is -2.37. The molecule has 1 atom stereocenters. The van der Waals surface area contributed by atoms with E-state index in [0.717, 1.165) is 23.6 Å². The van der Waals surface area contributed by atoms with E-state index in [0.29, 0.717) is 17.9 Å². The molecule has 2 rings (SSSR count). The fraction of sp³-hybridized carbons (Fsp3) is 0.588. The van der Waals surface area contributed by atoms with Gasteiger partial charge in [-0.2, -0.15) is 0 Å². The van der Waals surface area contributed by atoms with Gasteiger partial charge >= 0.3 is 0 Å². The van der Waals surface area contributed by atoms with Crippen LogP contribution in [0.5, 0.6) is 0 Å². The summed E-state index contributed by atoms with van der Waals surface area (Å²) in [5, 5.41) is 13.1. The summed E-state index contributed by atoms with van der Waals surface area (Å²) in [7, 11) is 4.29. The van der Waals surface area contributed by atoms with Crippen LogP contribution >= 0.6 is 11.6 Å². The maximum Gasteiger partial charge on any atom is 0.0570 e. The molecule has 1 fully saturated rings. The van der Waals surface area contributed by atoms with Gasteiger partial charge in [-0.05, 0) is 70.3 Å². The normalized spacial score (nSPS) is 25.1. The average molecular weight is 309 g/mol. The molecule has 0 aliphatic heterocycles. The molecule has 1 N–H and O–H groups in total. The molecule has 21 heavy (non-hydrogen) atoms. The highest BCUT2D eigenvalue weighted by Gasteiger charge is 2.30. The van der Waals surface area contributed by atoms with Gasteiger partial charge < -0.3 is 10.1 Å². The van der Waals surface area contributed by atoms with E-state index in [4.69, 9.17) is 16.8 Å². The maximum atomic E-state index is 8.92. The maximum absolute atomic E-state index is 8.92. The molecule has 1 aromatic rings. The molecule has 1 aromatic carbocycles. The molecule has 0 radical (unpaired) electrons. The van der Waals surface area contributed by atoms with Gasteiger partial charge in [-0.1, -0.05) is 28.9 Å². The Morgan fingerprint density at radius 1 is 1.19 bits per heavy atom. The third kappa shape index (κ3) is 3.98. The van der Waals surface area contributed by atoms with Gasteiger partial charge in [0, 0.05) is 17.0 Å². The minimum Gasteiger partial charge on any atom is -0.411 e. The SMILES string of the molecule is CC(=NO)C1CCC(C(c2ccc(Cl)cc2)N(C)C)CC1. The van der Waals surface area contributed by atoms with Gasteiger partial charge in [-0.15, -0.1) is 0 Å². The summed E-state index contributed by atoms with van der Waals surface area (Å²) in [5.41, 5.74) is 2.21. The van der Waals surface area contributed by atoms with Crippen LogP contribution in [0.15, 0.2) is 29.4 Å². The Kier molecular flexibility index (Phi) is 5.65. The van der Waals surface area contributed by atoms with Crippen LogP contribution < -0.4 is 0 Å². The first kappa shape index (κ1) is 16.3. The van der Waals surface area contributed by atoms with E-state index in [9.17, 15) is 0 Å². The number of oxime groups is 1. The molecule has 0 amide bonds. The molecule has 3 nitrogen and oxygen atoms in total. The molecule has 116 valence electrons. The first-order chi connectivity index (χ1) is 10.0. The van der Waals surface area contributed by atoms with Crippen LogP contribution in [0.3, 0.4) is 0 Å². The van der Waals surface area contributed by atoms with Crippen molar-refractivity contribution in [2.24, 2.45) is 17.0 Å². The number of benzene rings is 1. The molecular weight excluding hydrogens is 284 g/mol. The Morgan fingerprint density at radius 2 is 1.76 bits per heavy atom. The first-order valence-corrected chi connectivity index (χ1v) is 8.01. The number of nitrogens with zero attached hydrogens (tertiary/aromatic N) is 2. The van der Waals surface area contributed by atoms with Crippen LogP contribution in [0.2, 0.25) is 5.02 Å². The van der Waals surface area contributed by atoms with Crippen molar-refractivity contribution in [1.82, 2.24) is 4.90 Å². The van der Waals surface area contributed by atoms with Gasteiger partial charge in [0.15, 0.2) is 0 Å². The lowest BCUT2D eigenvalue weighted by atomic mass is 9.75. The monoisotopic (exact) mass is 308 g/mol. The molecule has 1 aliphatic carbocycles. The number of halogens is 1. The van der Waals surface area contributed by atoms with Gasteiger partial charge in [0.2, 0.25) is 0 Å². The second kappa shape index (κ2) is 7.28. The number of rotatable bonds is 4. The average Bonchev–Trinajstić information content (AvgIpc) is 2.49. The zero-order chi connectivity index (χ0) is 15.4. The predicted molar refractivity (Wildman–Crippen MR) is 88.2 cm³/mol. The van der Waals surface area contributed by atoms with Crippen molar-refractivity contribution in [2.75, 3.05) is 14.1 Å². The highest BCUT2D eigenvalue weighted by atomic mass is 35.5. The Bertz CT molecular complexity index is 476. The summed E-state index contributed by atoms with van der Waals surface area (Å²) in [5.74, 6) is 1.09. The summed E-state index contributed by atoms with van der Waals surface area (Å²) in [6.07, 6.45) is 4.56. The standard InChI is InChI=1S/C17H25ClN2O/c1-12(19-21)13-4-6-14(7-5-13)17(20(2)3)15-8-10-16(18)11-9-15/h8-11,13-14,17,21H,4-7H2,1-3H3. The van der Waals surface area contributed by atoms with Gasteiger partial charge in [0.1, 0.15) is 0 Å². The smallest absolute Gasteiger partial charge is 0.0570 e. The van der Waals surface area contributed by atoms with Crippen LogP contribution in [0.4, 0.5) is 0 Å². The van der Waals surface area contributed by atoms with Crippen LogP contribution in [0, 0.1) is 11.8 Å². The molecule has 1 aliphatic rings. The summed E-state index contributed by atoms with van der Waals surface area (Å²) < 4.78 is 0. The first-order valence-electron chi connectivity index (χ1n) is 7.63. The van der Waals surface area contributed by atoms with Gasteiger partial charge in [0.05, 0.1) is 5.71 Å². The Hall–Kier alpha value is -1.06. The zero-order valence-corrected chi connectivity index (χ0v) is 13.8. The summed E-state index contributed by atoms with van der Waals surface area (Å²) >= 11 is 6.00. The van der Waals surface area contributed by atoms with Crippen LogP contribution in [0.1, 0.15) is 44.2 Å². The minimum absolute atomic E-state index is 0.426. The van der Waals surface area contributed by atoms with Crippen molar-refractivity contribution in [3.8, 4) is 0 Å². The van der Waals surface area contributed by atoms with E-state index in [1.54, 1.807) is 0 Å². The van der Waals surface area contributed by atoms with Crippen LogP contribution in [-0.2, 0) is 0 Å². The van der Waals surface area contributed by atoms with E-state index >= 15 is 0 Å². The molecule has 1 saturated carbocycles. The second-order valence-corrected chi connectivity index (χ2v) is 6.75. The van der Waals surface area contributed by atoms with Crippen molar-refractivity contribution in [2.45, 2.75) is 38.6 Å². The van der Waals surface area contributed by atoms with Crippen LogP contribution in [-0.4, -0.2) is 29.9 Å². The lowest BCUT2D eigenvalue weighted by Crippen LogP contribution is -2.31. The molecule has 0 heterocycles. The highest BCUT2D eigenvalue weighted by molar-refractivity contribution is 6.30. The topological polar surface area (TPSA) is 35.8 Å². The summed E-state index contributed by atoms with van der Waals surface area (Å²) in [4.78, 5) is 2.31. The second-order valence-electron chi connectivity index (χ2n) is 6.31. The fourth-order valence-corrected chi connectivity index (χ4v) is 3.71. The number of hydrogen-bond donors (Lipinski definition) is 1. The van der Waals surface area contributed by atoms with E-state index < -0.39 is 0 Å². The van der Waals surface area contributed by atoms with Gasteiger partial charge in [-0.3, -0.25) is 0 Å². The summed E-state index contributed by atoms with van der Waals surface area (Å²) in [6.45, 7) is 1.92. The Labute approximate surface area is 132 Å². The third-order valence-electron chi connectivity index (χ3n) is 4.73. The Balaban J connectivity index is 2.09. The molecule has 4 heteroatoms. The van der Waals surface area contributed by atoms with Crippen molar-refractivity contribution >= 4 is 17.3 Å². The quantitative estimate of drug-likeness (QED) is 0.501. The van der Waals surface area contributed by atoms with E-state index in [-0.39, 0.29) is 0 Å². The van der Waals surface area contributed by atoms with Gasteiger partial charge in [-0.25, -0.2) is 0 Å². The molecule has 0 aromatic heterocycles. The van der Waals surface area contributed by atoms with Crippen LogP contribution in [0.25, 0.3) is 0 Å². The number of hydrogen-bond acceptors (Lipinski definition) is 3. The lowest BCUT2D eigenvalue weighted by molar-refractivity contribution is 0.161. The molecular formula is C17H25ClN2O. The molecule has 1 unspecified atom stereocenters. The minimum atomic E-state index is 0.426.